The predicted molar refractivity (Wildman–Crippen MR) is 199 cm³/mol. The molecule has 2 atom stereocenters. The van der Waals surface area contributed by atoms with Gasteiger partial charge in [-0.05, 0) is 129 Å². The van der Waals surface area contributed by atoms with Crippen LogP contribution in [0.5, 0.6) is 5.75 Å². The SMILES string of the molecule is C=CC(=O)N1CC(C)(C)Oc2cc(N3CCC4(CC3)C[C@@H](CC(=O)N[C@@H](Cc3ccc(F)c(F)c3)C3CCS(=O)(=O)CC3)c3ccc(F)cc34)ccc21. The Bertz CT molecular complexity index is 2030. The summed E-state index contributed by atoms with van der Waals surface area (Å²) in [5.74, 6) is -2.25. The lowest BCUT2D eigenvalue weighted by molar-refractivity contribution is -0.122. The fourth-order valence-electron chi connectivity index (χ4n) is 9.05. The summed E-state index contributed by atoms with van der Waals surface area (Å²) < 4.78 is 73.3. The van der Waals surface area contributed by atoms with Crippen LogP contribution in [0.3, 0.4) is 0 Å². The van der Waals surface area contributed by atoms with E-state index in [1.165, 1.54) is 18.2 Å². The maximum Gasteiger partial charge on any atom is 0.250 e. The topological polar surface area (TPSA) is 96.0 Å². The molecule has 1 spiro atoms. The molecular formula is C41H46F3N3O5S. The molecule has 0 unspecified atom stereocenters. The third-order valence-electron chi connectivity index (χ3n) is 11.7. The number of hydrogen-bond acceptors (Lipinski definition) is 6. The second-order valence-electron chi connectivity index (χ2n) is 15.9. The quantitative estimate of drug-likeness (QED) is 0.256. The number of fused-ring (bicyclic) bond motifs is 3. The second-order valence-corrected chi connectivity index (χ2v) is 18.2. The Hall–Kier alpha value is -4.32. The molecule has 3 heterocycles. The van der Waals surface area contributed by atoms with Crippen molar-refractivity contribution >= 4 is 33.0 Å². The number of piperidine rings is 1. The summed E-state index contributed by atoms with van der Waals surface area (Å²) in [6.07, 6.45) is 4.66. The Morgan fingerprint density at radius 1 is 1.00 bits per heavy atom. The minimum atomic E-state index is -3.15. The molecule has 8 nitrogen and oxygen atoms in total. The molecule has 4 aliphatic rings. The van der Waals surface area contributed by atoms with Gasteiger partial charge in [0.2, 0.25) is 5.91 Å². The van der Waals surface area contributed by atoms with Crippen LogP contribution < -0.4 is 19.9 Å². The van der Waals surface area contributed by atoms with Crippen molar-refractivity contribution < 1.29 is 35.9 Å². The maximum absolute atomic E-state index is 14.8. The van der Waals surface area contributed by atoms with E-state index in [1.807, 2.05) is 32.0 Å². The zero-order valence-electron chi connectivity index (χ0n) is 30.2. The summed E-state index contributed by atoms with van der Waals surface area (Å²) in [4.78, 5) is 30.5. The van der Waals surface area contributed by atoms with Gasteiger partial charge in [-0.1, -0.05) is 18.7 Å². The van der Waals surface area contributed by atoms with E-state index >= 15 is 0 Å². The average Bonchev–Trinajstić information content (AvgIpc) is 3.39. The normalized spacial score (nSPS) is 22.0. The lowest BCUT2D eigenvalue weighted by atomic mass is 9.73. The number of nitrogens with one attached hydrogen (secondary N) is 1. The molecule has 3 aromatic carbocycles. The maximum atomic E-state index is 14.8. The van der Waals surface area contributed by atoms with Crippen molar-refractivity contribution in [2.45, 2.75) is 81.8 Å². The van der Waals surface area contributed by atoms with E-state index in [-0.39, 0.29) is 59.2 Å². The molecule has 53 heavy (non-hydrogen) atoms. The third kappa shape index (κ3) is 7.70. The number of carbonyl (C=O) groups is 2. The van der Waals surface area contributed by atoms with E-state index in [9.17, 15) is 31.2 Å². The summed E-state index contributed by atoms with van der Waals surface area (Å²) in [6, 6.07) is 14.0. The first-order valence-electron chi connectivity index (χ1n) is 18.4. The van der Waals surface area contributed by atoms with Gasteiger partial charge in [-0.2, -0.15) is 0 Å². The molecule has 0 aromatic heterocycles. The molecule has 0 saturated carbocycles. The first kappa shape index (κ1) is 37.0. The fraction of sp³-hybridized carbons (Fsp3) is 0.463. The van der Waals surface area contributed by atoms with Gasteiger partial charge >= 0.3 is 0 Å². The Morgan fingerprint density at radius 2 is 1.74 bits per heavy atom. The molecular weight excluding hydrogens is 704 g/mol. The van der Waals surface area contributed by atoms with Gasteiger partial charge in [0.15, 0.2) is 11.6 Å². The largest absolute Gasteiger partial charge is 0.484 e. The number of anilines is 2. The standard InChI is InChI=1S/C41H46F3N3O5S/c1-4-39(49)47-25-40(2,3)52-37-23-30(7-10-36(37)47)46-15-13-41(14-16-46)24-28(31-8-6-29(42)22-32(31)41)21-38(48)45-35(27-11-17-53(50,51)18-12-27)20-26-5-9-33(43)34(44)19-26/h4-10,19,22-23,27-28,35H,1,11-18,20-21,24-25H2,2-3H3,(H,45,48)/t28-,35+/m1/s1. The molecule has 282 valence electrons. The number of rotatable bonds is 8. The van der Waals surface area contributed by atoms with Gasteiger partial charge in [-0.15, -0.1) is 0 Å². The lowest BCUT2D eigenvalue weighted by Crippen LogP contribution is -2.49. The van der Waals surface area contributed by atoms with Crippen LogP contribution in [0.15, 0.2) is 67.3 Å². The van der Waals surface area contributed by atoms with Crippen LogP contribution in [-0.2, 0) is 31.3 Å². The molecule has 1 N–H and O–H groups in total. The van der Waals surface area contributed by atoms with Crippen molar-refractivity contribution in [1.29, 1.82) is 0 Å². The first-order chi connectivity index (χ1) is 25.1. The van der Waals surface area contributed by atoms with E-state index in [0.29, 0.717) is 55.9 Å². The Labute approximate surface area is 309 Å². The molecule has 0 bridgehead atoms. The van der Waals surface area contributed by atoms with Gasteiger partial charge < -0.3 is 19.9 Å². The summed E-state index contributed by atoms with van der Waals surface area (Å²) in [6.45, 7) is 9.35. The van der Waals surface area contributed by atoms with Crippen molar-refractivity contribution in [2.24, 2.45) is 5.92 Å². The second kappa shape index (κ2) is 14.2. The molecule has 2 fully saturated rings. The lowest BCUT2D eigenvalue weighted by Gasteiger charge is -2.43. The van der Waals surface area contributed by atoms with Crippen LogP contribution in [0.25, 0.3) is 0 Å². The third-order valence-corrected chi connectivity index (χ3v) is 13.5. The molecule has 7 rings (SSSR count). The molecule has 0 radical (unpaired) electrons. The highest BCUT2D eigenvalue weighted by Crippen LogP contribution is 2.53. The summed E-state index contributed by atoms with van der Waals surface area (Å²) in [5, 5.41) is 3.16. The van der Waals surface area contributed by atoms with Gasteiger partial charge in [0.1, 0.15) is 27.0 Å². The van der Waals surface area contributed by atoms with Crippen LogP contribution in [-0.4, -0.2) is 63.0 Å². The number of nitrogens with zero attached hydrogens (tertiary/aromatic N) is 2. The number of ether oxygens (including phenoxy) is 1. The molecule has 1 aliphatic carbocycles. The Balaban J connectivity index is 1.07. The van der Waals surface area contributed by atoms with Gasteiger partial charge in [0, 0.05) is 37.3 Å². The van der Waals surface area contributed by atoms with Crippen molar-refractivity contribution in [3.63, 3.8) is 0 Å². The molecule has 2 saturated heterocycles. The number of carbonyl (C=O) groups excluding carboxylic acids is 2. The highest BCUT2D eigenvalue weighted by molar-refractivity contribution is 7.91. The van der Waals surface area contributed by atoms with E-state index in [1.54, 1.807) is 17.0 Å². The fourth-order valence-corrected chi connectivity index (χ4v) is 10.6. The first-order valence-corrected chi connectivity index (χ1v) is 20.2. The minimum absolute atomic E-state index is 0.0206. The van der Waals surface area contributed by atoms with E-state index in [4.69, 9.17) is 4.74 Å². The van der Waals surface area contributed by atoms with E-state index in [0.717, 1.165) is 41.8 Å². The highest BCUT2D eigenvalue weighted by Gasteiger charge is 2.46. The van der Waals surface area contributed by atoms with E-state index < -0.39 is 33.1 Å². The summed E-state index contributed by atoms with van der Waals surface area (Å²) >= 11 is 0. The van der Waals surface area contributed by atoms with Gasteiger partial charge in [0.25, 0.3) is 5.91 Å². The zero-order valence-corrected chi connectivity index (χ0v) is 31.0. The van der Waals surface area contributed by atoms with Crippen molar-refractivity contribution in [1.82, 2.24) is 5.32 Å². The number of benzene rings is 3. The van der Waals surface area contributed by atoms with Crippen LogP contribution >= 0.6 is 0 Å². The Morgan fingerprint density at radius 3 is 2.43 bits per heavy atom. The van der Waals surface area contributed by atoms with E-state index in [2.05, 4.69) is 16.8 Å². The average molecular weight is 750 g/mol. The molecule has 12 heteroatoms. The van der Waals surface area contributed by atoms with Crippen LogP contribution in [0.1, 0.15) is 75.0 Å². The van der Waals surface area contributed by atoms with Gasteiger partial charge in [-0.25, -0.2) is 21.6 Å². The minimum Gasteiger partial charge on any atom is -0.484 e. The number of hydrogen-bond donors (Lipinski definition) is 1. The van der Waals surface area contributed by atoms with Crippen LogP contribution in [0.2, 0.25) is 0 Å². The molecule has 3 aliphatic heterocycles. The number of halogens is 3. The highest BCUT2D eigenvalue weighted by atomic mass is 32.2. The van der Waals surface area contributed by atoms with Gasteiger partial charge in [-0.3, -0.25) is 9.59 Å². The molecule has 3 aromatic rings. The van der Waals surface area contributed by atoms with Crippen LogP contribution in [0.4, 0.5) is 24.5 Å². The van der Waals surface area contributed by atoms with Gasteiger partial charge in [0.05, 0.1) is 23.7 Å². The zero-order chi connectivity index (χ0) is 37.7. The van der Waals surface area contributed by atoms with Crippen LogP contribution in [0, 0.1) is 23.4 Å². The Kier molecular flexibility index (Phi) is 9.88. The molecule has 2 amide bonds. The monoisotopic (exact) mass is 749 g/mol. The predicted octanol–water partition coefficient (Wildman–Crippen LogP) is 6.76. The summed E-state index contributed by atoms with van der Waals surface area (Å²) in [7, 11) is -3.15. The summed E-state index contributed by atoms with van der Waals surface area (Å²) in [5.41, 5.74) is 3.21. The van der Waals surface area contributed by atoms with Crippen molar-refractivity contribution in [2.75, 3.05) is 40.9 Å². The number of amides is 2. The van der Waals surface area contributed by atoms with Crippen molar-refractivity contribution in [3.05, 3.63) is 101 Å². The number of sulfone groups is 1. The smallest absolute Gasteiger partial charge is 0.250 e. The van der Waals surface area contributed by atoms with Crippen molar-refractivity contribution in [3.8, 4) is 5.75 Å².